The van der Waals surface area contributed by atoms with Gasteiger partial charge in [-0.3, -0.25) is 0 Å². The third-order valence-electron chi connectivity index (χ3n) is 13.3. The summed E-state index contributed by atoms with van der Waals surface area (Å²) in [5.74, 6) is 0. The average Bonchev–Trinajstić information content (AvgIpc) is 3.75. The van der Waals surface area contributed by atoms with Crippen LogP contribution in [-0.2, 0) is 27.1 Å². The predicted octanol–water partition coefficient (Wildman–Crippen LogP) is 13.5. The fraction of sp³-hybridized carbons (Fsp3) is 0.370. The van der Waals surface area contributed by atoms with Crippen molar-refractivity contribution in [3.63, 3.8) is 0 Å². The molecule has 0 N–H and O–H groups in total. The Morgan fingerprint density at radius 1 is 0.610 bits per heavy atom. The molecule has 4 heterocycles. The normalized spacial score (nSPS) is 18.8. The summed E-state index contributed by atoms with van der Waals surface area (Å²) in [5, 5.41) is 0.877. The van der Waals surface area contributed by atoms with Gasteiger partial charge >= 0.3 is 0 Å². The largest absolute Gasteiger partial charge is 0.468 e. The van der Waals surface area contributed by atoms with Crippen molar-refractivity contribution in [2.24, 2.45) is 0 Å². The standard InChI is InChI=1S/C54H59BN2O2/c1-50(2,3)33-14-18-36(19-15-33)56-42-26-32-22-25-58-45(32)31-41(42)55-47-43(56)27-35(52(7,8)9)28-44(47)57(37-20-16-34(17-21-37)51(4,5)6)48-38-29-39-40(30-46(38)59-49(48)55)54(12,13)24-23-53(39,10)11/h14-22,25-31H,23-24H2,1-13H3/i14D,15D,18D,19D,22D,25D,26D,31D. The van der Waals surface area contributed by atoms with E-state index in [9.17, 15) is 8.22 Å². The highest BCUT2D eigenvalue weighted by Gasteiger charge is 2.48. The Hall–Kier alpha value is -5.16. The van der Waals surface area contributed by atoms with Crippen molar-refractivity contribution < 1.29 is 19.8 Å². The van der Waals surface area contributed by atoms with Gasteiger partial charge < -0.3 is 18.6 Å². The lowest BCUT2D eigenvalue weighted by molar-refractivity contribution is 0.332. The van der Waals surface area contributed by atoms with Crippen LogP contribution in [0.15, 0.2) is 106 Å². The molecule has 3 aliphatic rings. The van der Waals surface area contributed by atoms with Crippen LogP contribution in [0, 0.1) is 0 Å². The van der Waals surface area contributed by atoms with Crippen LogP contribution in [0.3, 0.4) is 0 Å². The molecule has 0 spiro atoms. The van der Waals surface area contributed by atoms with E-state index in [0.29, 0.717) is 27.9 Å². The molecule has 2 aromatic heterocycles. The second-order valence-electron chi connectivity index (χ2n) is 21.6. The number of hydrogen-bond acceptors (Lipinski definition) is 4. The van der Waals surface area contributed by atoms with E-state index in [1.807, 2.05) is 26.8 Å². The molecule has 0 fully saturated rings. The number of fused-ring (bicyclic) bond motifs is 8. The fourth-order valence-corrected chi connectivity index (χ4v) is 9.53. The predicted molar refractivity (Wildman–Crippen MR) is 251 cm³/mol. The van der Waals surface area contributed by atoms with Crippen molar-refractivity contribution in [1.29, 1.82) is 0 Å². The van der Waals surface area contributed by atoms with Crippen LogP contribution in [0.2, 0.25) is 0 Å². The van der Waals surface area contributed by atoms with Gasteiger partial charge in [0.2, 0.25) is 0 Å². The SMILES string of the molecule is [2H]c1oc2c([2H])c3c(c([2H])c2c1[2H])N(c1c([2H])c([2H])c(C(C)(C)C)c([2H])c1[2H])c1cc(C(C)(C)C)cc2c1B3c1oc3cc4c(cc3c1N2c1ccc(C(C)(C)C)cc1)C(C)(C)CCC4(C)C. The van der Waals surface area contributed by atoms with Crippen LogP contribution in [-0.4, -0.2) is 6.71 Å². The number of hydrogen-bond donors (Lipinski definition) is 0. The molecule has 300 valence electrons. The third-order valence-corrected chi connectivity index (χ3v) is 13.3. The first-order valence-corrected chi connectivity index (χ1v) is 21.1. The number of benzene rings is 5. The van der Waals surface area contributed by atoms with Gasteiger partial charge in [0.1, 0.15) is 12.5 Å². The Labute approximate surface area is 362 Å². The van der Waals surface area contributed by atoms with E-state index in [1.54, 1.807) is 4.90 Å². The Balaban J connectivity index is 1.43. The Morgan fingerprint density at radius 3 is 1.81 bits per heavy atom. The van der Waals surface area contributed by atoms with Gasteiger partial charge in [0, 0.05) is 39.2 Å². The van der Waals surface area contributed by atoms with Crippen LogP contribution >= 0.6 is 0 Å². The van der Waals surface area contributed by atoms with Gasteiger partial charge in [-0.2, -0.15) is 0 Å². The maximum Gasteiger partial charge on any atom is 0.297 e. The molecule has 0 unspecified atom stereocenters. The topological polar surface area (TPSA) is 32.8 Å². The Morgan fingerprint density at radius 2 is 1.20 bits per heavy atom. The maximum absolute atomic E-state index is 10.1. The average molecular weight is 787 g/mol. The Bertz CT molecular complexity index is 3280. The molecule has 2 aliphatic heterocycles. The lowest BCUT2D eigenvalue weighted by Gasteiger charge is -2.43. The minimum atomic E-state index is -0.839. The summed E-state index contributed by atoms with van der Waals surface area (Å²) in [5.41, 5.74) is 8.48. The zero-order valence-corrected chi connectivity index (χ0v) is 36.8. The van der Waals surface area contributed by atoms with Gasteiger partial charge in [-0.15, -0.1) is 0 Å². The molecule has 59 heavy (non-hydrogen) atoms. The number of furan rings is 2. The van der Waals surface area contributed by atoms with Crippen molar-refractivity contribution >= 4 is 79.4 Å². The number of anilines is 6. The number of nitrogens with zero attached hydrogens (tertiary/aromatic N) is 2. The summed E-state index contributed by atoms with van der Waals surface area (Å²) in [4.78, 5) is 3.90. The van der Waals surface area contributed by atoms with E-state index in [1.165, 1.54) is 16.7 Å². The van der Waals surface area contributed by atoms with Crippen molar-refractivity contribution in [2.45, 2.75) is 130 Å². The molecule has 10 rings (SSSR count). The first kappa shape index (κ1) is 30.0. The number of rotatable bonds is 2. The van der Waals surface area contributed by atoms with Gasteiger partial charge in [-0.25, -0.2) is 0 Å². The molecule has 0 saturated carbocycles. The summed E-state index contributed by atoms with van der Waals surface area (Å²) < 4.78 is 89.5. The molecule has 1 aliphatic carbocycles. The first-order chi connectivity index (χ1) is 31.0. The second-order valence-corrected chi connectivity index (χ2v) is 21.6. The quantitative estimate of drug-likeness (QED) is 0.163. The molecular formula is C54H59BN2O2. The highest BCUT2D eigenvalue weighted by atomic mass is 16.3. The van der Waals surface area contributed by atoms with Crippen LogP contribution < -0.4 is 26.4 Å². The molecule has 0 atom stereocenters. The van der Waals surface area contributed by atoms with Crippen molar-refractivity contribution in [3.8, 4) is 0 Å². The minimum Gasteiger partial charge on any atom is -0.468 e. The van der Waals surface area contributed by atoms with Crippen molar-refractivity contribution in [2.75, 3.05) is 9.80 Å². The highest BCUT2D eigenvalue weighted by molar-refractivity contribution is 7.00. The minimum absolute atomic E-state index is 0.0330. The molecular weight excluding hydrogens is 719 g/mol. The summed E-state index contributed by atoms with van der Waals surface area (Å²) >= 11 is 0. The van der Waals surface area contributed by atoms with Gasteiger partial charge in [-0.05, 0) is 145 Å². The van der Waals surface area contributed by atoms with Crippen LogP contribution in [0.1, 0.15) is 142 Å². The van der Waals surface area contributed by atoms with E-state index < -0.39 is 23.8 Å². The van der Waals surface area contributed by atoms with Gasteiger partial charge in [0.15, 0.2) is 0 Å². The van der Waals surface area contributed by atoms with E-state index in [0.717, 1.165) is 40.9 Å². The van der Waals surface area contributed by atoms with Gasteiger partial charge in [0.05, 0.1) is 27.2 Å². The Kier molecular flexibility index (Phi) is 6.20. The lowest BCUT2D eigenvalue weighted by Crippen LogP contribution is -2.61. The van der Waals surface area contributed by atoms with Gasteiger partial charge in [0.25, 0.3) is 6.71 Å². The van der Waals surface area contributed by atoms with Crippen LogP contribution in [0.4, 0.5) is 34.1 Å². The van der Waals surface area contributed by atoms with E-state index in [4.69, 9.17) is 11.6 Å². The summed E-state index contributed by atoms with van der Waals surface area (Å²) in [6, 6.07) is 15.7. The van der Waals surface area contributed by atoms with Crippen molar-refractivity contribution in [3.05, 3.63) is 125 Å². The summed E-state index contributed by atoms with van der Waals surface area (Å²) in [7, 11) is 0. The third kappa shape index (κ3) is 5.77. The monoisotopic (exact) mass is 787 g/mol. The zero-order chi connectivity index (χ0) is 48.7. The maximum atomic E-state index is 10.1. The molecule has 0 amide bonds. The van der Waals surface area contributed by atoms with E-state index >= 15 is 0 Å². The first-order valence-electron chi connectivity index (χ1n) is 25.1. The molecule has 0 bridgehead atoms. The van der Waals surface area contributed by atoms with E-state index in [2.05, 4.69) is 117 Å². The van der Waals surface area contributed by atoms with Crippen LogP contribution in [0.5, 0.6) is 0 Å². The van der Waals surface area contributed by atoms with Gasteiger partial charge in [-0.1, -0.05) is 114 Å². The molecule has 0 radical (unpaired) electrons. The molecule has 5 aromatic carbocycles. The smallest absolute Gasteiger partial charge is 0.297 e. The molecule has 7 aromatic rings. The van der Waals surface area contributed by atoms with Crippen molar-refractivity contribution in [1.82, 2.24) is 0 Å². The lowest BCUT2D eigenvalue weighted by atomic mass is 9.35. The second kappa shape index (κ2) is 12.2. The molecule has 5 heteroatoms. The highest BCUT2D eigenvalue weighted by Crippen LogP contribution is 2.52. The van der Waals surface area contributed by atoms with Crippen LogP contribution in [0.25, 0.3) is 21.9 Å². The fourth-order valence-electron chi connectivity index (χ4n) is 9.53. The zero-order valence-electron chi connectivity index (χ0n) is 44.8. The summed E-state index contributed by atoms with van der Waals surface area (Å²) in [6.45, 7) is 26.9. The molecule has 4 nitrogen and oxygen atoms in total. The summed E-state index contributed by atoms with van der Waals surface area (Å²) in [6.07, 6.45) is 1.55. The van der Waals surface area contributed by atoms with E-state index in [-0.39, 0.29) is 86.4 Å². The molecule has 0 saturated heterocycles.